The normalized spacial score (nSPS) is 21.2. The van der Waals surface area contributed by atoms with Crippen LogP contribution in [0.25, 0.3) is 0 Å². The summed E-state index contributed by atoms with van der Waals surface area (Å²) in [7, 11) is 0. The van der Waals surface area contributed by atoms with E-state index in [4.69, 9.17) is 0 Å². The van der Waals surface area contributed by atoms with Crippen LogP contribution in [0, 0.1) is 11.3 Å². The summed E-state index contributed by atoms with van der Waals surface area (Å²) in [5, 5.41) is 13.0. The summed E-state index contributed by atoms with van der Waals surface area (Å²) in [6, 6.07) is 20.9. The molecule has 2 heteroatoms. The summed E-state index contributed by atoms with van der Waals surface area (Å²) < 4.78 is 0. The van der Waals surface area contributed by atoms with Gasteiger partial charge in [-0.3, -0.25) is 0 Å². The van der Waals surface area contributed by atoms with Crippen LogP contribution in [0.2, 0.25) is 0 Å². The van der Waals surface area contributed by atoms with Gasteiger partial charge in [-0.05, 0) is 36.1 Å². The third kappa shape index (κ3) is 2.32. The molecule has 2 nitrogen and oxygen atoms in total. The molecule has 0 bridgehead atoms. The van der Waals surface area contributed by atoms with E-state index in [0.717, 1.165) is 24.9 Å². The summed E-state index contributed by atoms with van der Waals surface area (Å²) in [6.45, 7) is 0. The fraction of sp³-hybridized carbons (Fsp3) is 0.235. The van der Waals surface area contributed by atoms with Gasteiger partial charge in [0.05, 0.1) is 6.07 Å². The topological polar surface area (TPSA) is 35.8 Å². The number of aryl methyl sites for hydroxylation is 1. The van der Waals surface area contributed by atoms with E-state index in [9.17, 15) is 5.26 Å². The van der Waals surface area contributed by atoms with Gasteiger partial charge in [-0.2, -0.15) is 5.26 Å². The highest BCUT2D eigenvalue weighted by molar-refractivity contribution is 5.50. The van der Waals surface area contributed by atoms with Gasteiger partial charge in [0, 0.05) is 12.1 Å². The Balaban J connectivity index is 1.89. The van der Waals surface area contributed by atoms with Crippen LogP contribution in [0.1, 0.15) is 17.5 Å². The standard InChI is InChI=1S/C17H16N2/c18-13-17(19-16-8-2-1-3-9-16)11-10-14-6-4-5-7-15(14)12-17/h1-9,19H,10-12H2. The summed E-state index contributed by atoms with van der Waals surface area (Å²) >= 11 is 0. The number of nitrogens with one attached hydrogen (secondary N) is 1. The molecule has 1 aliphatic rings. The average Bonchev–Trinajstić information content (AvgIpc) is 2.48. The largest absolute Gasteiger partial charge is 0.367 e. The Morgan fingerprint density at radius 3 is 2.37 bits per heavy atom. The molecule has 0 radical (unpaired) electrons. The van der Waals surface area contributed by atoms with Crippen molar-refractivity contribution < 1.29 is 0 Å². The van der Waals surface area contributed by atoms with Crippen molar-refractivity contribution >= 4 is 5.69 Å². The molecule has 1 atom stereocenters. The number of para-hydroxylation sites is 1. The third-order valence-corrected chi connectivity index (χ3v) is 3.80. The van der Waals surface area contributed by atoms with Crippen LogP contribution in [0.5, 0.6) is 0 Å². The molecule has 1 aliphatic carbocycles. The second-order valence-electron chi connectivity index (χ2n) is 5.13. The molecule has 2 aromatic rings. The maximum Gasteiger partial charge on any atom is 0.129 e. The van der Waals surface area contributed by atoms with Gasteiger partial charge >= 0.3 is 0 Å². The van der Waals surface area contributed by atoms with Crippen LogP contribution in [0.3, 0.4) is 0 Å². The predicted molar refractivity (Wildman–Crippen MR) is 76.9 cm³/mol. The Hall–Kier alpha value is -2.27. The first-order valence-corrected chi connectivity index (χ1v) is 6.63. The van der Waals surface area contributed by atoms with E-state index < -0.39 is 5.54 Å². The first kappa shape index (κ1) is 11.8. The van der Waals surface area contributed by atoms with Crippen LogP contribution in [-0.4, -0.2) is 5.54 Å². The Bertz CT molecular complexity index is 613. The molecule has 1 N–H and O–H groups in total. The minimum atomic E-state index is -0.476. The smallest absolute Gasteiger partial charge is 0.129 e. The first-order chi connectivity index (χ1) is 9.31. The van der Waals surface area contributed by atoms with Gasteiger partial charge in [-0.25, -0.2) is 0 Å². The fourth-order valence-corrected chi connectivity index (χ4v) is 2.76. The van der Waals surface area contributed by atoms with Crippen molar-refractivity contribution in [3.05, 3.63) is 65.7 Å². The molecule has 0 amide bonds. The lowest BCUT2D eigenvalue weighted by Gasteiger charge is -2.34. The van der Waals surface area contributed by atoms with Gasteiger partial charge in [0.2, 0.25) is 0 Å². The molecule has 1 unspecified atom stereocenters. The number of hydrogen-bond acceptors (Lipinski definition) is 2. The van der Waals surface area contributed by atoms with Gasteiger partial charge in [0.1, 0.15) is 5.54 Å². The molecule has 0 heterocycles. The maximum absolute atomic E-state index is 9.62. The van der Waals surface area contributed by atoms with Crippen molar-refractivity contribution in [2.24, 2.45) is 0 Å². The Morgan fingerprint density at radius 2 is 1.63 bits per heavy atom. The lowest BCUT2D eigenvalue weighted by atomic mass is 9.78. The molecule has 19 heavy (non-hydrogen) atoms. The number of nitrogens with zero attached hydrogens (tertiary/aromatic N) is 1. The highest BCUT2D eigenvalue weighted by Crippen LogP contribution is 2.31. The van der Waals surface area contributed by atoms with E-state index in [-0.39, 0.29) is 0 Å². The van der Waals surface area contributed by atoms with E-state index in [1.807, 2.05) is 30.3 Å². The molecule has 2 aromatic carbocycles. The number of fused-ring (bicyclic) bond motifs is 1. The maximum atomic E-state index is 9.62. The number of hydrogen-bond donors (Lipinski definition) is 1. The SMILES string of the molecule is N#CC1(Nc2ccccc2)CCc2ccccc2C1. The van der Waals surface area contributed by atoms with Crippen LogP contribution < -0.4 is 5.32 Å². The Kier molecular flexibility index (Phi) is 2.97. The third-order valence-electron chi connectivity index (χ3n) is 3.80. The quantitative estimate of drug-likeness (QED) is 0.882. The monoisotopic (exact) mass is 248 g/mol. The summed E-state index contributed by atoms with van der Waals surface area (Å²) in [5.41, 5.74) is 3.21. The molecule has 0 aliphatic heterocycles. The average molecular weight is 248 g/mol. The van der Waals surface area contributed by atoms with E-state index in [0.29, 0.717) is 0 Å². The zero-order valence-corrected chi connectivity index (χ0v) is 10.8. The molecule has 0 fully saturated rings. The molecule has 3 rings (SSSR count). The van der Waals surface area contributed by atoms with Crippen molar-refractivity contribution in [1.82, 2.24) is 0 Å². The van der Waals surface area contributed by atoms with E-state index >= 15 is 0 Å². The zero-order valence-electron chi connectivity index (χ0n) is 10.8. The number of nitriles is 1. The lowest BCUT2D eigenvalue weighted by Crippen LogP contribution is -2.42. The molecule has 0 saturated heterocycles. The van der Waals surface area contributed by atoms with Crippen molar-refractivity contribution in [2.75, 3.05) is 5.32 Å². The Labute approximate surface area is 113 Å². The van der Waals surface area contributed by atoms with Gasteiger partial charge in [-0.15, -0.1) is 0 Å². The second-order valence-corrected chi connectivity index (χ2v) is 5.13. The second kappa shape index (κ2) is 4.78. The van der Waals surface area contributed by atoms with Crippen molar-refractivity contribution in [1.29, 1.82) is 5.26 Å². The number of benzene rings is 2. The molecular formula is C17H16N2. The lowest BCUT2D eigenvalue weighted by molar-refractivity contribution is 0.507. The summed E-state index contributed by atoms with van der Waals surface area (Å²) in [6.07, 6.45) is 2.59. The molecule has 94 valence electrons. The molecule has 0 aromatic heterocycles. The first-order valence-electron chi connectivity index (χ1n) is 6.63. The van der Waals surface area contributed by atoms with Crippen LogP contribution in [0.4, 0.5) is 5.69 Å². The van der Waals surface area contributed by atoms with Gasteiger partial charge < -0.3 is 5.32 Å². The van der Waals surface area contributed by atoms with Gasteiger partial charge in [0.25, 0.3) is 0 Å². The van der Waals surface area contributed by atoms with Crippen molar-refractivity contribution in [2.45, 2.75) is 24.8 Å². The predicted octanol–water partition coefficient (Wildman–Crippen LogP) is 3.55. The molecule has 0 spiro atoms. The zero-order chi connectivity index (χ0) is 13.1. The molecule has 0 saturated carbocycles. The molecular weight excluding hydrogens is 232 g/mol. The van der Waals surface area contributed by atoms with Crippen molar-refractivity contribution in [3.8, 4) is 6.07 Å². The highest BCUT2D eigenvalue weighted by atomic mass is 15.0. The summed E-state index contributed by atoms with van der Waals surface area (Å²) in [4.78, 5) is 0. The van der Waals surface area contributed by atoms with E-state index in [1.165, 1.54) is 11.1 Å². The van der Waals surface area contributed by atoms with Crippen LogP contribution >= 0.6 is 0 Å². The fourth-order valence-electron chi connectivity index (χ4n) is 2.76. The van der Waals surface area contributed by atoms with E-state index in [2.05, 4.69) is 35.7 Å². The number of rotatable bonds is 2. The van der Waals surface area contributed by atoms with E-state index in [1.54, 1.807) is 0 Å². The Morgan fingerprint density at radius 1 is 0.947 bits per heavy atom. The minimum absolute atomic E-state index is 0.476. The highest BCUT2D eigenvalue weighted by Gasteiger charge is 2.34. The van der Waals surface area contributed by atoms with Gasteiger partial charge in [-0.1, -0.05) is 42.5 Å². The minimum Gasteiger partial charge on any atom is -0.367 e. The van der Waals surface area contributed by atoms with Crippen LogP contribution in [0.15, 0.2) is 54.6 Å². The number of anilines is 1. The van der Waals surface area contributed by atoms with Gasteiger partial charge in [0.15, 0.2) is 0 Å². The summed E-state index contributed by atoms with van der Waals surface area (Å²) in [5.74, 6) is 0. The van der Waals surface area contributed by atoms with Crippen molar-refractivity contribution in [3.63, 3.8) is 0 Å². The van der Waals surface area contributed by atoms with Crippen LogP contribution in [-0.2, 0) is 12.8 Å².